The van der Waals surface area contributed by atoms with Gasteiger partial charge in [0, 0.05) is 106 Å². The molecule has 89 heavy (non-hydrogen) atoms. The van der Waals surface area contributed by atoms with E-state index in [2.05, 4.69) is 52.5 Å². The van der Waals surface area contributed by atoms with Crippen molar-refractivity contribution in [2.75, 3.05) is 49.6 Å². The molecule has 0 bridgehead atoms. The van der Waals surface area contributed by atoms with Crippen molar-refractivity contribution in [2.24, 2.45) is 56.4 Å². The number of aromatic nitrogens is 10. The van der Waals surface area contributed by atoms with E-state index in [4.69, 9.17) is 14.2 Å². The number of amides is 8. The summed E-state index contributed by atoms with van der Waals surface area (Å²) in [6, 6.07) is 8.72. The van der Waals surface area contributed by atoms with Gasteiger partial charge in [-0.05, 0) is 77.9 Å². The summed E-state index contributed by atoms with van der Waals surface area (Å²) in [6.07, 6.45) is 10.9. The number of imidazole rings is 2. The lowest BCUT2D eigenvalue weighted by Crippen LogP contribution is -2.27. The molecule has 0 radical (unpaired) electrons. The molecule has 32 heteroatoms. The number of ether oxygens (including phenoxy) is 3. The molecule has 8 rings (SSSR count). The molecule has 8 amide bonds. The van der Waals surface area contributed by atoms with Crippen molar-refractivity contribution >= 4 is 105 Å². The lowest BCUT2D eigenvalue weighted by molar-refractivity contribution is 0.0586. The van der Waals surface area contributed by atoms with Crippen molar-refractivity contribution < 1.29 is 67.3 Å². The highest BCUT2D eigenvalue weighted by Gasteiger charge is 2.25. The van der Waals surface area contributed by atoms with Crippen LogP contribution >= 0.6 is 0 Å². The molecule has 0 fully saturated rings. The van der Waals surface area contributed by atoms with Gasteiger partial charge in [0.25, 0.3) is 35.4 Å². The second-order valence-corrected chi connectivity index (χ2v) is 22.2. The fourth-order valence-corrected chi connectivity index (χ4v) is 8.66. The van der Waals surface area contributed by atoms with Crippen LogP contribution in [0.3, 0.4) is 0 Å². The molecule has 0 aliphatic carbocycles. The maximum absolute atomic E-state index is 13.1. The summed E-state index contributed by atoms with van der Waals surface area (Å²) in [5.74, 6) is -4.64. The van der Waals surface area contributed by atoms with E-state index in [0.29, 0.717) is 34.1 Å². The highest BCUT2D eigenvalue weighted by molar-refractivity contribution is 6.09. The fourth-order valence-electron chi connectivity index (χ4n) is 8.66. The molecule has 470 valence electrons. The number of esters is 1. The zero-order chi connectivity index (χ0) is 65.7. The third kappa shape index (κ3) is 16.4. The van der Waals surface area contributed by atoms with E-state index in [0.717, 1.165) is 0 Å². The maximum atomic E-state index is 13.1. The van der Waals surface area contributed by atoms with Crippen LogP contribution in [-0.4, -0.2) is 129 Å². The number of rotatable bonds is 16. The molecule has 0 spiro atoms. The first-order chi connectivity index (χ1) is 41.5. The van der Waals surface area contributed by atoms with Crippen LogP contribution in [0.2, 0.25) is 0 Å². The summed E-state index contributed by atoms with van der Waals surface area (Å²) in [6.45, 7) is 10.4. The van der Waals surface area contributed by atoms with Gasteiger partial charge in [0.05, 0.1) is 41.2 Å². The highest BCUT2D eigenvalue weighted by Crippen LogP contribution is 2.24. The normalized spacial score (nSPS) is 11.1. The van der Waals surface area contributed by atoms with Crippen LogP contribution in [0.5, 0.6) is 0 Å². The molecular formula is C57H68N18O14. The van der Waals surface area contributed by atoms with E-state index < -0.39 is 70.8 Å². The number of methoxy groups -OCH3 is 1. The van der Waals surface area contributed by atoms with E-state index in [1.54, 1.807) is 123 Å². The van der Waals surface area contributed by atoms with Crippen molar-refractivity contribution in [3.8, 4) is 0 Å². The molecule has 8 heterocycles. The van der Waals surface area contributed by atoms with E-state index in [9.17, 15) is 53.1 Å². The lowest BCUT2D eigenvalue weighted by Gasteiger charge is -2.19. The topological polar surface area (TPSA) is 380 Å². The van der Waals surface area contributed by atoms with E-state index in [-0.39, 0.29) is 57.4 Å². The Balaban J connectivity index is 0.000000254. The van der Waals surface area contributed by atoms with Gasteiger partial charge in [-0.25, -0.2) is 29.1 Å². The van der Waals surface area contributed by atoms with Crippen molar-refractivity contribution in [1.82, 2.24) is 46.5 Å². The first-order valence-corrected chi connectivity index (χ1v) is 26.8. The van der Waals surface area contributed by atoms with Gasteiger partial charge in [0.15, 0.2) is 11.6 Å². The van der Waals surface area contributed by atoms with Crippen LogP contribution in [0.15, 0.2) is 86.0 Å². The molecule has 0 aliphatic heterocycles. The van der Waals surface area contributed by atoms with Crippen LogP contribution in [0.4, 0.5) is 55.3 Å². The van der Waals surface area contributed by atoms with E-state index in [1.807, 2.05) is 0 Å². The monoisotopic (exact) mass is 1230 g/mol. The Labute approximate surface area is 508 Å². The molecule has 0 unspecified atom stereocenters. The Morgan fingerprint density at radius 2 is 0.618 bits per heavy atom. The second kappa shape index (κ2) is 25.9. The summed E-state index contributed by atoms with van der Waals surface area (Å²) < 4.78 is 27.1. The van der Waals surface area contributed by atoms with Crippen molar-refractivity contribution in [3.05, 3.63) is 132 Å². The number of aryl methyl sites for hydroxylation is 8. The first kappa shape index (κ1) is 65.0. The zero-order valence-electron chi connectivity index (χ0n) is 51.3. The van der Waals surface area contributed by atoms with Gasteiger partial charge in [-0.3, -0.25) is 39.4 Å². The predicted octanol–water partition coefficient (Wildman–Crippen LogP) is 6.56. The van der Waals surface area contributed by atoms with Crippen LogP contribution in [0.25, 0.3) is 0 Å². The Morgan fingerprint density at radius 3 is 0.910 bits per heavy atom. The minimum Gasteiger partial charge on any atom is -0.477 e. The largest absolute Gasteiger partial charge is 0.477 e. The van der Waals surface area contributed by atoms with Gasteiger partial charge in [-0.1, -0.05) is 0 Å². The van der Waals surface area contributed by atoms with Gasteiger partial charge in [-0.2, -0.15) is 0 Å². The van der Waals surface area contributed by atoms with Crippen LogP contribution in [0, 0.1) is 0 Å². The van der Waals surface area contributed by atoms with Crippen LogP contribution in [0.1, 0.15) is 126 Å². The SMILES string of the molecule is COC(=O)c1cc(NC(=O)c2cc(NC(=O)c3nc(NC(=O)c4cc(NC(=O)OC(C)(C)C)cn4C)cn3C)cn2C)cn1C.Cn1cc(NC(=O)c2cc(NC(=O)c3nc(NC(=O)c4cc(NC(=O)OC(C)(C)C)cn4C)cn3C)cn2C)cc1C(=O)O. The third-order valence-corrected chi connectivity index (χ3v) is 12.5. The molecule has 0 atom stereocenters. The molecule has 32 nitrogen and oxygen atoms in total. The number of nitrogens with one attached hydrogen (secondary N) is 8. The summed E-state index contributed by atoms with van der Waals surface area (Å²) in [5.41, 5.74) is 1.86. The average Bonchev–Trinajstić information content (AvgIpc) is 1.91. The maximum Gasteiger partial charge on any atom is 0.412 e. The van der Waals surface area contributed by atoms with Crippen molar-refractivity contribution in [1.29, 1.82) is 0 Å². The second-order valence-electron chi connectivity index (χ2n) is 22.2. The van der Waals surface area contributed by atoms with Gasteiger partial charge in [-0.15, -0.1) is 0 Å². The number of carbonyl (C=O) groups excluding carboxylic acids is 9. The van der Waals surface area contributed by atoms with E-state index in [1.165, 1.54) is 105 Å². The summed E-state index contributed by atoms with van der Waals surface area (Å²) in [5, 5.41) is 30.4. The van der Waals surface area contributed by atoms with Crippen molar-refractivity contribution in [3.63, 3.8) is 0 Å². The molecule has 9 N–H and O–H groups in total. The third-order valence-electron chi connectivity index (χ3n) is 12.5. The Hall–Kier alpha value is -11.6. The summed E-state index contributed by atoms with van der Waals surface area (Å²) in [4.78, 5) is 133. The number of carbonyl (C=O) groups is 10. The van der Waals surface area contributed by atoms with Crippen molar-refractivity contribution in [2.45, 2.75) is 52.7 Å². The molecular weight excluding hydrogens is 1160 g/mol. The number of hydrogen-bond acceptors (Lipinski definition) is 15. The average molecular weight is 1230 g/mol. The number of carboxylic acids is 1. The number of nitrogens with zero attached hydrogens (tertiary/aromatic N) is 10. The van der Waals surface area contributed by atoms with Gasteiger partial charge >= 0.3 is 24.1 Å². The fraction of sp³-hybridized carbons (Fsp3) is 0.298. The molecule has 8 aromatic heterocycles. The zero-order valence-corrected chi connectivity index (χ0v) is 51.3. The highest BCUT2D eigenvalue weighted by atomic mass is 16.6. The number of anilines is 8. The molecule has 0 saturated heterocycles. The predicted molar refractivity (Wildman–Crippen MR) is 325 cm³/mol. The Bertz CT molecular complexity index is 4100. The molecule has 0 saturated carbocycles. The molecule has 0 aromatic carbocycles. The van der Waals surface area contributed by atoms with Gasteiger partial charge < -0.3 is 87.8 Å². The van der Waals surface area contributed by atoms with E-state index >= 15 is 0 Å². The standard InChI is InChI=1S/C29H35N9O7.C28H33N9O7/c1-29(2,3)45-28(43)32-18-10-20(36(5)14-18)25(40)34-22-15-38(7)23(33-22)26(41)31-16-9-19(35(4)12-16)24(39)30-17-11-21(27(42)44-8)37(6)13-17;1-28(2,3)44-27(43)31-17-9-19(35(5)13-17)24(39)33-21-14-37(7)22(32-21)25(40)30-15-8-18(34(4)11-15)23(38)29-16-10-20(26(41)42)36(6)12-16/h9-15H,1-8H3,(H,30,39)(H,31,41)(H,32,43)(H,34,40);8-14H,1-7H3,(H,29,38)(H,30,40)(H,31,43)(H,33,39)(H,41,42). The first-order valence-electron chi connectivity index (χ1n) is 26.8. The quantitative estimate of drug-likeness (QED) is 0.0365. The lowest BCUT2D eigenvalue weighted by atomic mass is 10.2. The molecule has 0 aliphatic rings. The molecule has 8 aromatic rings. The minimum absolute atomic E-state index is 0.000979. The summed E-state index contributed by atoms with van der Waals surface area (Å²) in [7, 11) is 14.2. The van der Waals surface area contributed by atoms with Crippen LogP contribution < -0.4 is 42.5 Å². The van der Waals surface area contributed by atoms with Gasteiger partial charge in [0.1, 0.15) is 45.4 Å². The Morgan fingerprint density at radius 1 is 0.360 bits per heavy atom. The number of carboxylic acid groups (broad SMARTS) is 1. The Kier molecular flexibility index (Phi) is 18.9. The number of aromatic carboxylic acids is 1. The smallest absolute Gasteiger partial charge is 0.412 e. The minimum atomic E-state index is -1.13. The van der Waals surface area contributed by atoms with Gasteiger partial charge in [0.2, 0.25) is 11.6 Å². The summed E-state index contributed by atoms with van der Waals surface area (Å²) >= 11 is 0. The number of hydrogen-bond donors (Lipinski definition) is 9. The van der Waals surface area contributed by atoms with Crippen LogP contribution in [-0.2, 0) is 70.6 Å².